The quantitative estimate of drug-likeness (QED) is 0.632. The highest BCUT2D eigenvalue weighted by Crippen LogP contribution is 2.40. The van der Waals surface area contributed by atoms with Crippen LogP contribution in [0.2, 0.25) is 0 Å². The first-order chi connectivity index (χ1) is 15.5. The Morgan fingerprint density at radius 2 is 2.00 bits per heavy atom. The second-order valence-corrected chi connectivity index (χ2v) is 8.28. The number of pyridine rings is 1. The number of aromatic nitrogens is 3. The summed E-state index contributed by atoms with van der Waals surface area (Å²) in [5.74, 6) is 1.89. The molecule has 2 aliphatic rings. The minimum atomic E-state index is -0.567. The smallest absolute Gasteiger partial charge is 0.257 e. The third kappa shape index (κ3) is 3.41. The predicted octanol–water partition coefficient (Wildman–Crippen LogP) is 3.22. The Hall–Kier alpha value is -3.68. The molecule has 3 aromatic rings. The van der Waals surface area contributed by atoms with Gasteiger partial charge in [-0.25, -0.2) is 9.67 Å². The molecule has 1 saturated heterocycles. The van der Waals surface area contributed by atoms with Crippen molar-refractivity contribution in [2.75, 3.05) is 20.2 Å². The molecule has 0 atom stereocenters. The Morgan fingerprint density at radius 1 is 1.19 bits per heavy atom. The van der Waals surface area contributed by atoms with E-state index in [0.717, 1.165) is 5.69 Å². The lowest BCUT2D eigenvalue weighted by atomic mass is 9.82. The van der Waals surface area contributed by atoms with E-state index in [2.05, 4.69) is 10.1 Å². The van der Waals surface area contributed by atoms with E-state index in [4.69, 9.17) is 9.47 Å². The molecular weight excluding hydrogens is 408 g/mol. The number of hydrogen-bond donors (Lipinski definition) is 0. The molecular formula is C24H24N4O4. The lowest BCUT2D eigenvalue weighted by Crippen LogP contribution is -2.52. The van der Waals surface area contributed by atoms with Gasteiger partial charge in [-0.1, -0.05) is 6.07 Å². The van der Waals surface area contributed by atoms with Gasteiger partial charge in [-0.3, -0.25) is 9.59 Å². The molecule has 0 N–H and O–H groups in total. The second-order valence-electron chi connectivity index (χ2n) is 8.28. The number of rotatable bonds is 3. The third-order valence-corrected chi connectivity index (χ3v) is 6.36. The van der Waals surface area contributed by atoms with Crippen molar-refractivity contribution in [3.05, 3.63) is 65.6 Å². The summed E-state index contributed by atoms with van der Waals surface area (Å²) in [5.41, 5.74) is 1.31. The molecule has 0 unspecified atom stereocenters. The topological polar surface area (TPSA) is 86.6 Å². The average molecular weight is 432 g/mol. The SMILES string of the molecule is COc1ccc2c(c1)C(=O)CC1(CCN(C(=O)c3cnn(-c4ccccn4)c3C)CC1)O2. The lowest BCUT2D eigenvalue weighted by molar-refractivity contribution is -0.00578. The van der Waals surface area contributed by atoms with Gasteiger partial charge in [-0.15, -0.1) is 0 Å². The van der Waals surface area contributed by atoms with Crippen molar-refractivity contribution in [1.29, 1.82) is 0 Å². The van der Waals surface area contributed by atoms with E-state index < -0.39 is 5.60 Å². The van der Waals surface area contributed by atoms with Gasteiger partial charge in [-0.2, -0.15) is 5.10 Å². The van der Waals surface area contributed by atoms with Crippen LogP contribution in [0.25, 0.3) is 5.82 Å². The summed E-state index contributed by atoms with van der Waals surface area (Å²) in [6.45, 7) is 2.91. The number of fused-ring (bicyclic) bond motifs is 1. The van der Waals surface area contributed by atoms with Crippen LogP contribution < -0.4 is 9.47 Å². The Kier molecular flexibility index (Phi) is 4.92. The number of piperidine rings is 1. The minimum absolute atomic E-state index is 0.0532. The van der Waals surface area contributed by atoms with Crippen LogP contribution in [0, 0.1) is 6.92 Å². The number of carbonyl (C=O) groups excluding carboxylic acids is 2. The van der Waals surface area contributed by atoms with Crippen molar-refractivity contribution in [3.63, 3.8) is 0 Å². The zero-order valence-electron chi connectivity index (χ0n) is 18.1. The summed E-state index contributed by atoms with van der Waals surface area (Å²) >= 11 is 0. The van der Waals surface area contributed by atoms with Crippen molar-refractivity contribution >= 4 is 11.7 Å². The number of Topliss-reactive ketones (excluding diaryl/α,β-unsaturated/α-hetero) is 1. The Balaban J connectivity index is 1.30. The molecule has 8 nitrogen and oxygen atoms in total. The molecule has 2 aliphatic heterocycles. The summed E-state index contributed by atoms with van der Waals surface area (Å²) in [4.78, 5) is 32.1. The van der Waals surface area contributed by atoms with Gasteiger partial charge in [0.15, 0.2) is 11.6 Å². The first-order valence-corrected chi connectivity index (χ1v) is 10.7. The van der Waals surface area contributed by atoms with Crippen LogP contribution in [-0.2, 0) is 0 Å². The summed E-state index contributed by atoms with van der Waals surface area (Å²) in [6, 6.07) is 10.9. The van der Waals surface area contributed by atoms with E-state index in [0.29, 0.717) is 60.8 Å². The number of likely N-dealkylation sites (tertiary alicyclic amines) is 1. The van der Waals surface area contributed by atoms with Gasteiger partial charge in [0.2, 0.25) is 0 Å². The fourth-order valence-corrected chi connectivity index (χ4v) is 4.50. The fraction of sp³-hybridized carbons (Fsp3) is 0.333. The largest absolute Gasteiger partial charge is 0.497 e. The van der Waals surface area contributed by atoms with Crippen LogP contribution in [0.1, 0.15) is 45.7 Å². The molecule has 1 aromatic carbocycles. The number of hydrogen-bond acceptors (Lipinski definition) is 6. The predicted molar refractivity (Wildman–Crippen MR) is 117 cm³/mol. The van der Waals surface area contributed by atoms with Crippen molar-refractivity contribution in [3.8, 4) is 17.3 Å². The molecule has 0 radical (unpaired) electrons. The first kappa shape index (κ1) is 20.2. The monoisotopic (exact) mass is 432 g/mol. The first-order valence-electron chi connectivity index (χ1n) is 10.7. The highest BCUT2D eigenvalue weighted by Gasteiger charge is 2.44. The summed E-state index contributed by atoms with van der Waals surface area (Å²) in [7, 11) is 1.58. The normalized spacial score (nSPS) is 17.1. The van der Waals surface area contributed by atoms with Gasteiger partial charge in [0.05, 0.1) is 36.5 Å². The van der Waals surface area contributed by atoms with Crippen molar-refractivity contribution < 1.29 is 19.1 Å². The molecule has 0 bridgehead atoms. The Morgan fingerprint density at radius 3 is 2.72 bits per heavy atom. The number of carbonyl (C=O) groups is 2. The Bertz CT molecular complexity index is 1180. The third-order valence-electron chi connectivity index (χ3n) is 6.36. The van der Waals surface area contributed by atoms with Gasteiger partial charge >= 0.3 is 0 Å². The average Bonchev–Trinajstić information content (AvgIpc) is 3.20. The van der Waals surface area contributed by atoms with E-state index in [-0.39, 0.29) is 11.7 Å². The number of ketones is 1. The van der Waals surface area contributed by atoms with E-state index in [1.54, 1.807) is 42.4 Å². The van der Waals surface area contributed by atoms with Gasteiger partial charge in [0, 0.05) is 32.1 Å². The zero-order valence-corrected chi connectivity index (χ0v) is 18.1. The van der Waals surface area contributed by atoms with E-state index >= 15 is 0 Å². The molecule has 5 rings (SSSR count). The van der Waals surface area contributed by atoms with E-state index in [9.17, 15) is 9.59 Å². The number of benzene rings is 1. The molecule has 1 spiro atoms. The number of amides is 1. The zero-order chi connectivity index (χ0) is 22.3. The second kappa shape index (κ2) is 7.78. The standard InChI is InChI=1S/C24H24N4O4/c1-16-19(15-26-28(16)22-5-3-4-10-25-22)23(30)27-11-8-24(9-12-27)14-20(29)18-13-17(31-2)6-7-21(18)32-24/h3-7,10,13,15H,8-9,11-12,14H2,1-2H3. The number of nitrogens with zero attached hydrogens (tertiary/aromatic N) is 4. The van der Waals surface area contributed by atoms with Crippen molar-refractivity contribution in [2.24, 2.45) is 0 Å². The number of ether oxygens (including phenoxy) is 2. The van der Waals surface area contributed by atoms with Crippen LogP contribution in [0.3, 0.4) is 0 Å². The van der Waals surface area contributed by atoms with Gasteiger partial charge in [-0.05, 0) is 37.3 Å². The number of methoxy groups -OCH3 is 1. The molecule has 164 valence electrons. The molecule has 32 heavy (non-hydrogen) atoms. The van der Waals surface area contributed by atoms with Crippen LogP contribution in [0.5, 0.6) is 11.5 Å². The van der Waals surface area contributed by atoms with Crippen LogP contribution in [-0.4, -0.2) is 57.2 Å². The molecule has 8 heteroatoms. The van der Waals surface area contributed by atoms with E-state index in [1.165, 1.54) is 0 Å². The van der Waals surface area contributed by atoms with Gasteiger partial charge < -0.3 is 14.4 Å². The van der Waals surface area contributed by atoms with E-state index in [1.807, 2.05) is 30.0 Å². The highest BCUT2D eigenvalue weighted by atomic mass is 16.5. The fourth-order valence-electron chi connectivity index (χ4n) is 4.50. The highest BCUT2D eigenvalue weighted by molar-refractivity contribution is 6.01. The summed E-state index contributed by atoms with van der Waals surface area (Å²) < 4.78 is 13.2. The maximum absolute atomic E-state index is 13.2. The molecule has 1 amide bonds. The van der Waals surface area contributed by atoms with Crippen molar-refractivity contribution in [1.82, 2.24) is 19.7 Å². The van der Waals surface area contributed by atoms with Crippen LogP contribution in [0.4, 0.5) is 0 Å². The summed E-state index contributed by atoms with van der Waals surface area (Å²) in [6.07, 6.45) is 4.81. The maximum atomic E-state index is 13.2. The van der Waals surface area contributed by atoms with Crippen LogP contribution in [0.15, 0.2) is 48.8 Å². The molecule has 0 saturated carbocycles. The maximum Gasteiger partial charge on any atom is 0.257 e. The molecule has 1 fully saturated rings. The summed E-state index contributed by atoms with van der Waals surface area (Å²) in [5, 5.41) is 4.36. The van der Waals surface area contributed by atoms with Gasteiger partial charge in [0.25, 0.3) is 5.91 Å². The van der Waals surface area contributed by atoms with Crippen molar-refractivity contribution in [2.45, 2.75) is 31.8 Å². The van der Waals surface area contributed by atoms with Crippen LogP contribution >= 0.6 is 0 Å². The molecule has 2 aromatic heterocycles. The molecule has 4 heterocycles. The Labute approximate surface area is 185 Å². The van der Waals surface area contributed by atoms with Gasteiger partial charge in [0.1, 0.15) is 17.1 Å². The minimum Gasteiger partial charge on any atom is -0.497 e. The lowest BCUT2D eigenvalue weighted by Gasteiger charge is -2.44. The molecule has 0 aliphatic carbocycles.